The second kappa shape index (κ2) is 10.9. The maximum Gasteiger partial charge on any atom is 0.330 e. The van der Waals surface area contributed by atoms with Gasteiger partial charge in [0.15, 0.2) is 17.2 Å². The van der Waals surface area contributed by atoms with E-state index in [1.807, 2.05) is 6.92 Å². The number of nitrogens with zero attached hydrogens (tertiary/aromatic N) is 2. The highest BCUT2D eigenvalue weighted by atomic mass is 16.6. The van der Waals surface area contributed by atoms with Gasteiger partial charge in [-0.05, 0) is 42.3 Å². The normalized spacial score (nSPS) is 12.6. The van der Waals surface area contributed by atoms with Gasteiger partial charge in [-0.25, -0.2) is 4.79 Å². The van der Waals surface area contributed by atoms with Crippen molar-refractivity contribution in [3.63, 3.8) is 0 Å². The fourth-order valence-electron chi connectivity index (χ4n) is 3.85. The maximum absolute atomic E-state index is 13.4. The number of furan rings is 1. The van der Waals surface area contributed by atoms with Crippen LogP contribution in [0.15, 0.2) is 50.6 Å². The van der Waals surface area contributed by atoms with Crippen LogP contribution in [0.5, 0.6) is 17.2 Å². The smallest absolute Gasteiger partial charge is 0.330 e. The van der Waals surface area contributed by atoms with Gasteiger partial charge in [0.2, 0.25) is 5.75 Å². The van der Waals surface area contributed by atoms with Crippen LogP contribution in [0.25, 0.3) is 6.08 Å². The Balaban J connectivity index is 1.72. The van der Waals surface area contributed by atoms with Crippen molar-refractivity contribution in [3.05, 3.63) is 68.8 Å². The van der Waals surface area contributed by atoms with Gasteiger partial charge >= 0.3 is 5.69 Å². The Bertz CT molecular complexity index is 1360. The van der Waals surface area contributed by atoms with Gasteiger partial charge in [0.25, 0.3) is 11.5 Å². The topological polar surface area (TPSA) is 142 Å². The molecule has 0 bridgehead atoms. The molecule has 0 saturated heterocycles. The lowest BCUT2D eigenvalue weighted by atomic mass is 10.1. The molecule has 190 valence electrons. The number of nitrogen functional groups attached to an aromatic ring is 1. The maximum atomic E-state index is 13.4. The number of aromatic nitrogens is 2. The van der Waals surface area contributed by atoms with E-state index in [9.17, 15) is 14.4 Å². The van der Waals surface area contributed by atoms with Gasteiger partial charge in [-0.2, -0.15) is 0 Å². The van der Waals surface area contributed by atoms with Crippen LogP contribution < -0.4 is 36.1 Å². The van der Waals surface area contributed by atoms with E-state index in [0.717, 1.165) is 6.42 Å². The van der Waals surface area contributed by atoms with Gasteiger partial charge in [0.05, 0.1) is 19.9 Å². The van der Waals surface area contributed by atoms with Crippen molar-refractivity contribution >= 4 is 23.5 Å². The Morgan fingerprint density at radius 1 is 1.28 bits per heavy atom. The van der Waals surface area contributed by atoms with Crippen LogP contribution in [0, 0.1) is 0 Å². The Morgan fingerprint density at radius 2 is 2.08 bits per heavy atom. The zero-order valence-electron chi connectivity index (χ0n) is 20.1. The van der Waals surface area contributed by atoms with Crippen LogP contribution >= 0.6 is 0 Å². The predicted octanol–water partition coefficient (Wildman–Crippen LogP) is 2.54. The van der Waals surface area contributed by atoms with Gasteiger partial charge in [0, 0.05) is 12.6 Å². The Hall–Kier alpha value is -4.41. The van der Waals surface area contributed by atoms with Gasteiger partial charge < -0.3 is 24.4 Å². The molecule has 1 aliphatic heterocycles. The standard InChI is InChI=1S/C25H28N4O7/c1-3-4-9-28-23(26)21(24(31)27-25(28)32)29(15-17-6-5-10-34-17)20(30)8-7-16-13-18(33-2)22-19(14-16)35-11-12-36-22/h5-8,10,13-14H,3-4,9,11-12,15,26H2,1-2H3,(H,27,31,32). The lowest BCUT2D eigenvalue weighted by Gasteiger charge is -2.23. The van der Waals surface area contributed by atoms with E-state index in [1.54, 1.807) is 30.3 Å². The zero-order valence-corrected chi connectivity index (χ0v) is 20.1. The summed E-state index contributed by atoms with van der Waals surface area (Å²) in [6.07, 6.45) is 5.82. The van der Waals surface area contributed by atoms with Crippen molar-refractivity contribution in [1.29, 1.82) is 0 Å². The van der Waals surface area contributed by atoms with Crippen molar-refractivity contribution in [1.82, 2.24) is 9.55 Å². The van der Waals surface area contributed by atoms with Crippen LogP contribution in [-0.4, -0.2) is 35.8 Å². The fraction of sp³-hybridized carbons (Fsp3) is 0.320. The number of amides is 1. The molecule has 1 aliphatic rings. The first-order valence-corrected chi connectivity index (χ1v) is 11.5. The second-order valence-corrected chi connectivity index (χ2v) is 8.08. The minimum absolute atomic E-state index is 0.0695. The van der Waals surface area contributed by atoms with Crippen molar-refractivity contribution in [3.8, 4) is 17.2 Å². The number of hydrogen-bond acceptors (Lipinski definition) is 8. The molecule has 2 aromatic heterocycles. The summed E-state index contributed by atoms with van der Waals surface area (Å²) in [4.78, 5) is 42.1. The average molecular weight is 497 g/mol. The van der Waals surface area contributed by atoms with E-state index in [2.05, 4.69) is 4.98 Å². The van der Waals surface area contributed by atoms with Crippen molar-refractivity contribution < 1.29 is 23.4 Å². The van der Waals surface area contributed by atoms with Crippen LogP contribution in [0.4, 0.5) is 11.5 Å². The number of rotatable bonds is 9. The molecule has 11 heteroatoms. The van der Waals surface area contributed by atoms with E-state index in [-0.39, 0.29) is 18.1 Å². The summed E-state index contributed by atoms with van der Waals surface area (Å²) in [6, 6.07) is 6.78. The van der Waals surface area contributed by atoms with Gasteiger partial charge in [-0.15, -0.1) is 0 Å². The molecule has 1 amide bonds. The molecule has 0 aliphatic carbocycles. The molecule has 0 radical (unpaired) electrons. The van der Waals surface area contributed by atoms with Crippen LogP contribution in [0.2, 0.25) is 0 Å². The monoisotopic (exact) mass is 496 g/mol. The summed E-state index contributed by atoms with van der Waals surface area (Å²) >= 11 is 0. The highest BCUT2D eigenvalue weighted by Gasteiger charge is 2.24. The van der Waals surface area contributed by atoms with Crippen LogP contribution in [-0.2, 0) is 17.9 Å². The molecular weight excluding hydrogens is 468 g/mol. The van der Waals surface area contributed by atoms with E-state index in [0.29, 0.717) is 54.8 Å². The van der Waals surface area contributed by atoms with Crippen molar-refractivity contribution in [2.45, 2.75) is 32.9 Å². The molecule has 0 saturated carbocycles. The summed E-state index contributed by atoms with van der Waals surface area (Å²) in [6.45, 7) is 3.02. The Labute approximate surface area is 206 Å². The first-order valence-electron chi connectivity index (χ1n) is 11.5. The quantitative estimate of drug-likeness (QED) is 0.431. The number of unbranched alkanes of at least 4 members (excludes halogenated alkanes) is 1. The fourth-order valence-corrected chi connectivity index (χ4v) is 3.85. The van der Waals surface area contributed by atoms with Crippen molar-refractivity contribution in [2.75, 3.05) is 31.0 Å². The van der Waals surface area contributed by atoms with E-state index in [1.165, 1.54) is 28.9 Å². The first-order chi connectivity index (χ1) is 17.4. The molecule has 1 aromatic carbocycles. The number of nitrogens with one attached hydrogen (secondary N) is 1. The zero-order chi connectivity index (χ0) is 25.7. The summed E-state index contributed by atoms with van der Waals surface area (Å²) < 4.78 is 23.3. The van der Waals surface area contributed by atoms with Gasteiger partial charge in [-0.3, -0.25) is 24.0 Å². The minimum atomic E-state index is -0.764. The summed E-state index contributed by atoms with van der Waals surface area (Å²) in [7, 11) is 1.51. The molecule has 36 heavy (non-hydrogen) atoms. The molecule has 4 rings (SSSR count). The molecule has 0 spiro atoms. The number of hydrogen-bond donors (Lipinski definition) is 2. The third-order valence-corrected chi connectivity index (χ3v) is 5.65. The number of fused-ring (bicyclic) bond motifs is 1. The predicted molar refractivity (Wildman–Crippen MR) is 134 cm³/mol. The number of nitrogens with two attached hydrogens (primary N) is 1. The molecule has 0 fully saturated rings. The lowest BCUT2D eigenvalue weighted by Crippen LogP contribution is -2.40. The highest BCUT2D eigenvalue weighted by Crippen LogP contribution is 2.40. The summed E-state index contributed by atoms with van der Waals surface area (Å²) in [5.74, 6) is 1.27. The molecule has 0 unspecified atom stereocenters. The molecule has 3 aromatic rings. The number of aromatic amines is 1. The average Bonchev–Trinajstić information content (AvgIpc) is 3.39. The van der Waals surface area contributed by atoms with Gasteiger partial charge in [0.1, 0.15) is 24.8 Å². The van der Waals surface area contributed by atoms with Gasteiger partial charge in [-0.1, -0.05) is 13.3 Å². The van der Waals surface area contributed by atoms with E-state index < -0.39 is 17.2 Å². The third-order valence-electron chi connectivity index (χ3n) is 5.65. The molecule has 0 atom stereocenters. The lowest BCUT2D eigenvalue weighted by molar-refractivity contribution is -0.114. The number of ether oxygens (including phenoxy) is 3. The number of carbonyl (C=O) groups is 1. The summed E-state index contributed by atoms with van der Waals surface area (Å²) in [5.41, 5.74) is 5.37. The molecule has 3 N–H and O–H groups in total. The van der Waals surface area contributed by atoms with E-state index in [4.69, 9.17) is 24.4 Å². The van der Waals surface area contributed by atoms with Crippen molar-refractivity contribution in [2.24, 2.45) is 0 Å². The number of benzene rings is 1. The Morgan fingerprint density at radius 3 is 2.81 bits per heavy atom. The molecule has 11 nitrogen and oxygen atoms in total. The summed E-state index contributed by atoms with van der Waals surface area (Å²) in [5, 5.41) is 0. The van der Waals surface area contributed by atoms with Crippen LogP contribution in [0.3, 0.4) is 0 Å². The number of carbonyl (C=O) groups excluding carboxylic acids is 1. The number of H-pyrrole nitrogens is 1. The second-order valence-electron chi connectivity index (χ2n) is 8.08. The minimum Gasteiger partial charge on any atom is -0.493 e. The van der Waals surface area contributed by atoms with Crippen LogP contribution in [0.1, 0.15) is 31.1 Å². The molecule has 3 heterocycles. The third kappa shape index (κ3) is 5.14. The number of methoxy groups -OCH3 is 1. The molecular formula is C25H28N4O7. The SMILES string of the molecule is CCCCn1c(N)c(N(Cc2ccco2)C(=O)C=Cc2cc(OC)c3c(c2)OCCO3)c(=O)[nH]c1=O. The number of anilines is 2. The van der Waals surface area contributed by atoms with E-state index >= 15 is 0 Å². The highest BCUT2D eigenvalue weighted by molar-refractivity contribution is 6.05. The largest absolute Gasteiger partial charge is 0.493 e. The Kier molecular flexibility index (Phi) is 7.47. The first kappa shape index (κ1) is 24.7.